The smallest absolute Gasteiger partial charge is 0.308 e. The second kappa shape index (κ2) is 5.56. The topological polar surface area (TPSA) is 57.6 Å². The van der Waals surface area contributed by atoms with Gasteiger partial charge in [-0.25, -0.2) is 8.78 Å². The molecule has 0 unspecified atom stereocenters. The quantitative estimate of drug-likeness (QED) is 0.905. The number of aryl methyl sites for hydroxylation is 1. The molecule has 1 N–H and O–H groups in total. The van der Waals surface area contributed by atoms with Crippen LogP contribution in [0.25, 0.3) is 0 Å². The van der Waals surface area contributed by atoms with Gasteiger partial charge in [-0.05, 0) is 31.4 Å². The summed E-state index contributed by atoms with van der Waals surface area (Å²) in [6, 6.07) is 1.85. The normalized spacial score (nSPS) is 18.9. The summed E-state index contributed by atoms with van der Waals surface area (Å²) < 4.78 is 26.9. The summed E-state index contributed by atoms with van der Waals surface area (Å²) in [6.45, 7) is 1.89. The number of piperidine rings is 1. The van der Waals surface area contributed by atoms with Gasteiger partial charge in [0, 0.05) is 19.2 Å². The summed E-state index contributed by atoms with van der Waals surface area (Å²) in [4.78, 5) is 24.5. The number of hydrogen-bond acceptors (Lipinski definition) is 2. The first-order valence-corrected chi connectivity index (χ1v) is 6.38. The molecule has 1 saturated heterocycles. The van der Waals surface area contributed by atoms with Gasteiger partial charge in [-0.3, -0.25) is 9.59 Å². The van der Waals surface area contributed by atoms with E-state index in [2.05, 4.69) is 0 Å². The van der Waals surface area contributed by atoms with Gasteiger partial charge in [0.15, 0.2) is 0 Å². The Morgan fingerprint density at radius 2 is 2.00 bits per heavy atom. The van der Waals surface area contributed by atoms with Crippen LogP contribution in [0.2, 0.25) is 0 Å². The standard InChI is InChI=1S/C14H15F2NO3/c1-8-5-10(12(16)6-11(8)15)13(18)17-4-2-3-9(7-17)14(19)20/h5-6,9H,2-4,7H2,1H3,(H,19,20)/t9-/m1/s1. The van der Waals surface area contributed by atoms with E-state index in [-0.39, 0.29) is 17.7 Å². The Morgan fingerprint density at radius 3 is 2.65 bits per heavy atom. The van der Waals surface area contributed by atoms with Gasteiger partial charge in [0.05, 0.1) is 11.5 Å². The van der Waals surface area contributed by atoms with E-state index >= 15 is 0 Å². The molecule has 1 aliphatic heterocycles. The van der Waals surface area contributed by atoms with Crippen LogP contribution >= 0.6 is 0 Å². The number of likely N-dealkylation sites (tertiary alicyclic amines) is 1. The molecule has 1 heterocycles. The van der Waals surface area contributed by atoms with E-state index in [1.807, 2.05) is 0 Å². The Bertz CT molecular complexity index is 560. The number of carbonyl (C=O) groups excluding carboxylic acids is 1. The van der Waals surface area contributed by atoms with E-state index in [9.17, 15) is 18.4 Å². The minimum absolute atomic E-state index is 0.0596. The van der Waals surface area contributed by atoms with Crippen molar-refractivity contribution in [2.75, 3.05) is 13.1 Å². The van der Waals surface area contributed by atoms with E-state index in [0.29, 0.717) is 25.5 Å². The van der Waals surface area contributed by atoms with Crippen molar-refractivity contribution in [3.63, 3.8) is 0 Å². The number of amides is 1. The van der Waals surface area contributed by atoms with Crippen molar-refractivity contribution in [3.8, 4) is 0 Å². The zero-order chi connectivity index (χ0) is 14.9. The zero-order valence-electron chi connectivity index (χ0n) is 11.0. The summed E-state index contributed by atoms with van der Waals surface area (Å²) in [6.07, 6.45) is 1.06. The van der Waals surface area contributed by atoms with Crippen LogP contribution in [0.1, 0.15) is 28.8 Å². The van der Waals surface area contributed by atoms with Crippen molar-refractivity contribution < 1.29 is 23.5 Å². The summed E-state index contributed by atoms with van der Waals surface area (Å²) in [5, 5.41) is 8.98. The highest BCUT2D eigenvalue weighted by Gasteiger charge is 2.29. The number of rotatable bonds is 2. The van der Waals surface area contributed by atoms with Gasteiger partial charge in [0.2, 0.25) is 0 Å². The highest BCUT2D eigenvalue weighted by atomic mass is 19.1. The molecule has 1 aromatic rings. The first-order chi connectivity index (χ1) is 9.40. The van der Waals surface area contributed by atoms with Gasteiger partial charge in [0.1, 0.15) is 11.6 Å². The molecule has 1 aliphatic rings. The summed E-state index contributed by atoms with van der Waals surface area (Å²) in [5.41, 5.74) is -0.0310. The van der Waals surface area contributed by atoms with Gasteiger partial charge in [-0.1, -0.05) is 0 Å². The molecule has 0 aromatic heterocycles. The van der Waals surface area contributed by atoms with Gasteiger partial charge in [0.25, 0.3) is 5.91 Å². The van der Waals surface area contributed by atoms with Crippen molar-refractivity contribution >= 4 is 11.9 Å². The molecule has 1 fully saturated rings. The van der Waals surface area contributed by atoms with Gasteiger partial charge in [-0.2, -0.15) is 0 Å². The summed E-state index contributed by atoms with van der Waals surface area (Å²) in [7, 11) is 0. The molecule has 1 atom stereocenters. The Hall–Kier alpha value is -1.98. The Morgan fingerprint density at radius 1 is 1.30 bits per heavy atom. The predicted octanol–water partition coefficient (Wildman–Crippen LogP) is 2.21. The van der Waals surface area contributed by atoms with Crippen LogP contribution in [-0.2, 0) is 4.79 Å². The average Bonchev–Trinajstić information content (AvgIpc) is 2.42. The lowest BCUT2D eigenvalue weighted by Crippen LogP contribution is -2.42. The van der Waals surface area contributed by atoms with Crippen LogP contribution in [0.5, 0.6) is 0 Å². The van der Waals surface area contributed by atoms with Gasteiger partial charge >= 0.3 is 5.97 Å². The molecule has 4 nitrogen and oxygen atoms in total. The van der Waals surface area contributed by atoms with Crippen LogP contribution in [-0.4, -0.2) is 35.0 Å². The molecular weight excluding hydrogens is 268 g/mol. The van der Waals surface area contributed by atoms with Crippen LogP contribution in [0.4, 0.5) is 8.78 Å². The fourth-order valence-electron chi connectivity index (χ4n) is 2.35. The van der Waals surface area contributed by atoms with E-state index in [1.165, 1.54) is 11.8 Å². The Labute approximate surface area is 115 Å². The lowest BCUT2D eigenvalue weighted by molar-refractivity contribution is -0.143. The zero-order valence-corrected chi connectivity index (χ0v) is 11.0. The molecule has 20 heavy (non-hydrogen) atoms. The number of carboxylic acids is 1. The van der Waals surface area contributed by atoms with E-state index in [1.54, 1.807) is 0 Å². The van der Waals surface area contributed by atoms with E-state index < -0.39 is 29.4 Å². The van der Waals surface area contributed by atoms with Crippen LogP contribution in [0.15, 0.2) is 12.1 Å². The summed E-state index contributed by atoms with van der Waals surface area (Å²) >= 11 is 0. The lowest BCUT2D eigenvalue weighted by Gasteiger charge is -2.30. The second-order valence-electron chi connectivity index (χ2n) is 5.01. The number of carbonyl (C=O) groups is 2. The molecule has 0 saturated carbocycles. The van der Waals surface area contributed by atoms with Gasteiger partial charge < -0.3 is 10.0 Å². The third-order valence-corrected chi connectivity index (χ3v) is 3.54. The van der Waals surface area contributed by atoms with Gasteiger partial charge in [-0.15, -0.1) is 0 Å². The van der Waals surface area contributed by atoms with Crippen molar-refractivity contribution in [1.29, 1.82) is 0 Å². The van der Waals surface area contributed by atoms with Crippen LogP contribution < -0.4 is 0 Å². The highest BCUT2D eigenvalue weighted by Crippen LogP contribution is 2.21. The number of halogens is 2. The number of benzene rings is 1. The average molecular weight is 283 g/mol. The third kappa shape index (κ3) is 2.79. The largest absolute Gasteiger partial charge is 0.481 e. The molecule has 6 heteroatoms. The molecular formula is C14H15F2NO3. The minimum Gasteiger partial charge on any atom is -0.481 e. The fourth-order valence-corrected chi connectivity index (χ4v) is 2.35. The molecule has 0 spiro atoms. The molecule has 2 rings (SSSR count). The maximum absolute atomic E-state index is 13.7. The second-order valence-corrected chi connectivity index (χ2v) is 5.01. The van der Waals surface area contributed by atoms with Crippen LogP contribution in [0, 0.1) is 24.5 Å². The Balaban J connectivity index is 2.23. The van der Waals surface area contributed by atoms with Crippen LogP contribution in [0.3, 0.4) is 0 Å². The van der Waals surface area contributed by atoms with Crippen molar-refractivity contribution in [2.45, 2.75) is 19.8 Å². The number of carboxylic acid groups (broad SMARTS) is 1. The van der Waals surface area contributed by atoms with Crippen molar-refractivity contribution in [1.82, 2.24) is 4.90 Å². The molecule has 0 bridgehead atoms. The van der Waals surface area contributed by atoms with E-state index in [4.69, 9.17) is 5.11 Å². The number of nitrogens with zero attached hydrogens (tertiary/aromatic N) is 1. The Kier molecular flexibility index (Phi) is 4.01. The maximum atomic E-state index is 13.7. The highest BCUT2D eigenvalue weighted by molar-refractivity contribution is 5.95. The molecule has 1 amide bonds. The maximum Gasteiger partial charge on any atom is 0.308 e. The summed E-state index contributed by atoms with van der Waals surface area (Å²) in [5.74, 6) is -3.80. The SMILES string of the molecule is Cc1cc(C(=O)N2CCC[C@@H](C(=O)O)C2)c(F)cc1F. The lowest BCUT2D eigenvalue weighted by atomic mass is 9.97. The molecule has 0 aliphatic carbocycles. The minimum atomic E-state index is -0.960. The predicted molar refractivity (Wildman–Crippen MR) is 67.4 cm³/mol. The number of aliphatic carboxylic acids is 1. The molecule has 108 valence electrons. The van der Waals surface area contributed by atoms with Crippen molar-refractivity contribution in [3.05, 3.63) is 34.9 Å². The number of hydrogen-bond donors (Lipinski definition) is 1. The van der Waals surface area contributed by atoms with Crippen molar-refractivity contribution in [2.24, 2.45) is 5.92 Å². The van der Waals surface area contributed by atoms with E-state index in [0.717, 1.165) is 6.07 Å². The molecule has 0 radical (unpaired) electrons. The fraction of sp³-hybridized carbons (Fsp3) is 0.429. The first-order valence-electron chi connectivity index (χ1n) is 6.38. The molecule has 1 aromatic carbocycles. The monoisotopic (exact) mass is 283 g/mol. The third-order valence-electron chi connectivity index (χ3n) is 3.54. The first kappa shape index (κ1) is 14.4.